The van der Waals surface area contributed by atoms with E-state index in [2.05, 4.69) is 12.2 Å². The zero-order valence-corrected chi connectivity index (χ0v) is 17.7. The smallest absolute Gasteiger partial charge is 0.294 e. The van der Waals surface area contributed by atoms with E-state index in [0.717, 1.165) is 25.7 Å². The van der Waals surface area contributed by atoms with E-state index in [4.69, 9.17) is 16.3 Å². The molecular weight excluding hydrogens is 400 g/mol. The topological polar surface area (TPSA) is 58.6 Å². The number of halogens is 1. The van der Waals surface area contributed by atoms with Crippen molar-refractivity contribution < 1.29 is 14.3 Å². The number of nitrogens with zero attached hydrogens (tertiary/aromatic N) is 1. The predicted octanol–water partition coefficient (Wildman–Crippen LogP) is 4.80. The van der Waals surface area contributed by atoms with E-state index in [0.29, 0.717) is 27.9 Å². The lowest BCUT2D eigenvalue weighted by molar-refractivity contribution is -0.124. The second kappa shape index (κ2) is 8.92. The van der Waals surface area contributed by atoms with Crippen LogP contribution in [-0.4, -0.2) is 24.4 Å². The molecule has 2 aromatic rings. The van der Waals surface area contributed by atoms with E-state index in [-0.39, 0.29) is 30.2 Å². The van der Waals surface area contributed by atoms with Gasteiger partial charge in [-0.15, -0.1) is 0 Å². The number of carbonyl (C=O) groups excluding carboxylic acids is 2. The van der Waals surface area contributed by atoms with Crippen molar-refractivity contribution in [3.63, 3.8) is 0 Å². The Bertz CT molecular complexity index is 980. The first-order chi connectivity index (χ1) is 14.5. The van der Waals surface area contributed by atoms with Gasteiger partial charge in [0.2, 0.25) is 5.91 Å². The van der Waals surface area contributed by atoms with Gasteiger partial charge >= 0.3 is 0 Å². The highest BCUT2D eigenvalue weighted by atomic mass is 35.5. The van der Waals surface area contributed by atoms with Gasteiger partial charge < -0.3 is 10.1 Å². The van der Waals surface area contributed by atoms with Crippen molar-refractivity contribution >= 4 is 35.2 Å². The van der Waals surface area contributed by atoms with E-state index >= 15 is 0 Å². The Labute approximate surface area is 181 Å². The van der Waals surface area contributed by atoms with E-state index in [1.807, 2.05) is 30.3 Å². The van der Waals surface area contributed by atoms with Crippen LogP contribution in [0.5, 0.6) is 5.75 Å². The Morgan fingerprint density at radius 1 is 1.13 bits per heavy atom. The predicted molar refractivity (Wildman–Crippen MR) is 118 cm³/mol. The Balaban J connectivity index is 1.56. The number of fused-ring (bicyclic) bond motifs is 1. The van der Waals surface area contributed by atoms with E-state index in [9.17, 15) is 9.59 Å². The van der Waals surface area contributed by atoms with Crippen LogP contribution in [0.2, 0.25) is 5.02 Å². The van der Waals surface area contributed by atoms with Gasteiger partial charge in [-0.2, -0.15) is 0 Å². The van der Waals surface area contributed by atoms with Crippen LogP contribution >= 0.6 is 11.6 Å². The molecule has 30 heavy (non-hydrogen) atoms. The SMILES string of the molecule is CC1CCC(NC(=O)CN2C(=O)/C(=C\c3ccccc3Cl)Oc3ccccc32)CC1. The largest absolute Gasteiger partial charge is 0.449 e. The highest BCUT2D eigenvalue weighted by Gasteiger charge is 2.32. The molecule has 0 bridgehead atoms. The van der Waals surface area contributed by atoms with Crippen molar-refractivity contribution in [1.82, 2.24) is 5.32 Å². The van der Waals surface area contributed by atoms with Crippen molar-refractivity contribution in [3.05, 3.63) is 64.9 Å². The summed E-state index contributed by atoms with van der Waals surface area (Å²) in [5.41, 5.74) is 1.27. The van der Waals surface area contributed by atoms with Crippen molar-refractivity contribution in [2.75, 3.05) is 11.4 Å². The monoisotopic (exact) mass is 424 g/mol. The highest BCUT2D eigenvalue weighted by Crippen LogP contribution is 2.36. The molecule has 5 nitrogen and oxygen atoms in total. The van der Waals surface area contributed by atoms with Crippen LogP contribution in [0.3, 0.4) is 0 Å². The summed E-state index contributed by atoms with van der Waals surface area (Å²) < 4.78 is 5.86. The first-order valence-electron chi connectivity index (χ1n) is 10.4. The van der Waals surface area contributed by atoms with Gasteiger partial charge in [0.15, 0.2) is 11.5 Å². The van der Waals surface area contributed by atoms with Crippen LogP contribution < -0.4 is 15.0 Å². The average molecular weight is 425 g/mol. The van der Waals surface area contributed by atoms with E-state index in [1.54, 1.807) is 24.3 Å². The van der Waals surface area contributed by atoms with Gasteiger partial charge in [-0.25, -0.2) is 0 Å². The molecule has 4 rings (SSSR count). The Hall–Kier alpha value is -2.79. The summed E-state index contributed by atoms with van der Waals surface area (Å²) in [7, 11) is 0. The van der Waals surface area contributed by atoms with Crippen molar-refractivity contribution in [2.45, 2.75) is 38.6 Å². The van der Waals surface area contributed by atoms with Crippen LogP contribution in [0.15, 0.2) is 54.3 Å². The van der Waals surface area contributed by atoms with Gasteiger partial charge in [0.25, 0.3) is 5.91 Å². The number of ether oxygens (including phenoxy) is 1. The standard InChI is InChI=1S/C24H25ClN2O3/c1-16-10-12-18(13-11-16)26-23(28)15-27-20-8-4-5-9-21(20)30-22(24(27)29)14-17-6-2-3-7-19(17)25/h2-9,14,16,18H,10-13,15H2,1H3,(H,26,28)/b22-14+. The fourth-order valence-electron chi connectivity index (χ4n) is 3.97. The molecule has 156 valence electrons. The van der Waals surface area contributed by atoms with E-state index in [1.165, 1.54) is 4.90 Å². The lowest BCUT2D eigenvalue weighted by atomic mass is 9.87. The van der Waals surface area contributed by atoms with Gasteiger partial charge in [0.1, 0.15) is 6.54 Å². The van der Waals surface area contributed by atoms with E-state index < -0.39 is 0 Å². The molecule has 0 radical (unpaired) electrons. The second-order valence-electron chi connectivity index (χ2n) is 8.02. The number of para-hydroxylation sites is 2. The number of hydrogen-bond acceptors (Lipinski definition) is 3. The first kappa shape index (κ1) is 20.5. The molecule has 1 aliphatic carbocycles. The Kier molecular flexibility index (Phi) is 6.09. The highest BCUT2D eigenvalue weighted by molar-refractivity contribution is 6.32. The average Bonchev–Trinajstić information content (AvgIpc) is 2.74. The van der Waals surface area contributed by atoms with Crippen LogP contribution in [0.25, 0.3) is 6.08 Å². The van der Waals surface area contributed by atoms with Crippen molar-refractivity contribution in [1.29, 1.82) is 0 Å². The zero-order valence-electron chi connectivity index (χ0n) is 16.9. The number of carbonyl (C=O) groups is 2. The molecule has 0 saturated heterocycles. The molecule has 1 fully saturated rings. The lowest BCUT2D eigenvalue weighted by Gasteiger charge is -2.31. The number of rotatable bonds is 4. The molecule has 6 heteroatoms. The molecule has 0 spiro atoms. The summed E-state index contributed by atoms with van der Waals surface area (Å²) in [6.07, 6.45) is 5.83. The fourth-order valence-corrected chi connectivity index (χ4v) is 4.16. The van der Waals surface area contributed by atoms with Gasteiger partial charge in [-0.1, -0.05) is 48.9 Å². The fraction of sp³-hybridized carbons (Fsp3) is 0.333. The van der Waals surface area contributed by atoms with Crippen LogP contribution in [-0.2, 0) is 9.59 Å². The summed E-state index contributed by atoms with van der Waals surface area (Å²) in [4.78, 5) is 27.4. The maximum atomic E-state index is 13.2. The molecule has 1 aliphatic heterocycles. The maximum absolute atomic E-state index is 13.2. The normalized spacial score (nSPS) is 22.4. The zero-order chi connectivity index (χ0) is 21.1. The molecule has 1 N–H and O–H groups in total. The molecule has 2 aliphatic rings. The maximum Gasteiger partial charge on any atom is 0.294 e. The van der Waals surface area contributed by atoms with Gasteiger partial charge in [-0.3, -0.25) is 14.5 Å². The molecule has 2 amide bonds. The van der Waals surface area contributed by atoms with Gasteiger partial charge in [-0.05, 0) is 61.4 Å². The molecule has 0 unspecified atom stereocenters. The minimum Gasteiger partial charge on any atom is -0.449 e. The molecule has 2 aromatic carbocycles. The molecule has 0 aromatic heterocycles. The summed E-state index contributed by atoms with van der Waals surface area (Å²) >= 11 is 6.24. The molecule has 1 heterocycles. The van der Waals surface area contributed by atoms with Crippen LogP contribution in [0.4, 0.5) is 5.69 Å². The third-order valence-corrected chi connectivity index (χ3v) is 6.05. The Morgan fingerprint density at radius 3 is 2.60 bits per heavy atom. The number of benzene rings is 2. The van der Waals surface area contributed by atoms with Crippen molar-refractivity contribution in [3.8, 4) is 5.75 Å². The summed E-state index contributed by atoms with van der Waals surface area (Å²) in [6.45, 7) is 2.19. The number of anilines is 1. The van der Waals surface area contributed by atoms with Gasteiger partial charge in [0.05, 0.1) is 5.69 Å². The lowest BCUT2D eigenvalue weighted by Crippen LogP contribution is -2.47. The van der Waals surface area contributed by atoms with Gasteiger partial charge in [0, 0.05) is 11.1 Å². The number of nitrogens with one attached hydrogen (secondary N) is 1. The second-order valence-corrected chi connectivity index (χ2v) is 8.42. The summed E-state index contributed by atoms with van der Waals surface area (Å²) in [5, 5.41) is 3.62. The quantitative estimate of drug-likeness (QED) is 0.717. The minimum atomic E-state index is -0.360. The third kappa shape index (κ3) is 4.51. The third-order valence-electron chi connectivity index (χ3n) is 5.71. The molecule has 0 atom stereocenters. The molecular formula is C24H25ClN2O3. The Morgan fingerprint density at radius 2 is 1.83 bits per heavy atom. The minimum absolute atomic E-state index is 0.0505. The molecule has 1 saturated carbocycles. The number of amides is 2. The first-order valence-corrected chi connectivity index (χ1v) is 10.7. The summed E-state index contributed by atoms with van der Waals surface area (Å²) in [5.74, 6) is 0.872. The number of hydrogen-bond donors (Lipinski definition) is 1. The summed E-state index contributed by atoms with van der Waals surface area (Å²) in [6, 6.07) is 14.7. The van der Waals surface area contributed by atoms with Crippen molar-refractivity contribution in [2.24, 2.45) is 5.92 Å². The van der Waals surface area contributed by atoms with Crippen LogP contribution in [0.1, 0.15) is 38.2 Å². The van der Waals surface area contributed by atoms with Crippen LogP contribution in [0, 0.1) is 5.92 Å².